The lowest BCUT2D eigenvalue weighted by atomic mass is 10.1. The number of alkyl halides is 3. The standard InChI is InChI=1S/C23H26F3N9O3/c1-14-2-3-15-12-27-22(30-20(15)29-14)34-7-5-33(6-8-34)17(36)4-10-38-11-9-35-16-13-28-31-21(37)18(16)19(32-35)23(24,25)26/h12-13H,1-11H2,(H,31,37)(H,27,29,30). The number of piperazine rings is 1. The van der Waals surface area contributed by atoms with Gasteiger partial charge in [-0.15, -0.1) is 0 Å². The summed E-state index contributed by atoms with van der Waals surface area (Å²) in [7, 11) is 0. The number of nitrogens with one attached hydrogen (secondary N) is 2. The number of aryl methyl sites for hydroxylation is 1. The maximum atomic E-state index is 13.3. The monoisotopic (exact) mass is 533 g/mol. The van der Waals surface area contributed by atoms with Gasteiger partial charge in [-0.25, -0.2) is 10.1 Å². The van der Waals surface area contributed by atoms with Crippen LogP contribution in [0.2, 0.25) is 0 Å². The normalized spacial score (nSPS) is 16.0. The van der Waals surface area contributed by atoms with E-state index in [-0.39, 0.29) is 37.6 Å². The second-order valence-electron chi connectivity index (χ2n) is 9.03. The molecule has 5 heterocycles. The van der Waals surface area contributed by atoms with E-state index < -0.39 is 22.8 Å². The van der Waals surface area contributed by atoms with Crippen LogP contribution in [0.5, 0.6) is 0 Å². The van der Waals surface area contributed by atoms with Crippen molar-refractivity contribution in [3.8, 4) is 0 Å². The van der Waals surface area contributed by atoms with Gasteiger partial charge in [0.1, 0.15) is 11.2 Å². The average Bonchev–Trinajstić information content (AvgIpc) is 3.28. The van der Waals surface area contributed by atoms with Crippen molar-refractivity contribution in [1.29, 1.82) is 0 Å². The highest BCUT2D eigenvalue weighted by atomic mass is 19.4. The van der Waals surface area contributed by atoms with E-state index in [4.69, 9.17) is 4.74 Å². The molecule has 0 saturated carbocycles. The van der Waals surface area contributed by atoms with Gasteiger partial charge in [-0.2, -0.15) is 28.4 Å². The van der Waals surface area contributed by atoms with E-state index in [1.165, 1.54) is 0 Å². The van der Waals surface area contributed by atoms with Crippen LogP contribution >= 0.6 is 0 Å². The molecule has 0 bridgehead atoms. The van der Waals surface area contributed by atoms with Crippen molar-refractivity contribution < 1.29 is 22.7 Å². The molecule has 0 aromatic carbocycles. The van der Waals surface area contributed by atoms with Gasteiger partial charge in [0.05, 0.1) is 37.9 Å². The third kappa shape index (κ3) is 5.32. The van der Waals surface area contributed by atoms with E-state index in [2.05, 4.69) is 32.1 Å². The molecule has 0 unspecified atom stereocenters. The number of ether oxygens (including phenoxy) is 1. The number of carbonyl (C=O) groups is 1. The Balaban J connectivity index is 1.08. The summed E-state index contributed by atoms with van der Waals surface area (Å²) in [5, 5.41) is 11.7. The zero-order valence-electron chi connectivity index (χ0n) is 20.4. The zero-order valence-corrected chi connectivity index (χ0v) is 20.4. The number of allylic oxidation sites excluding steroid dienone is 1. The third-order valence-electron chi connectivity index (χ3n) is 6.51. The summed E-state index contributed by atoms with van der Waals surface area (Å²) in [6, 6.07) is 0. The van der Waals surface area contributed by atoms with Crippen molar-refractivity contribution in [2.45, 2.75) is 32.0 Å². The summed E-state index contributed by atoms with van der Waals surface area (Å²) in [6.07, 6.45) is 0.0123. The smallest absolute Gasteiger partial charge is 0.379 e. The first-order valence-corrected chi connectivity index (χ1v) is 12.1. The van der Waals surface area contributed by atoms with Crippen molar-refractivity contribution in [1.82, 2.24) is 34.8 Å². The van der Waals surface area contributed by atoms with Crippen LogP contribution in [0.1, 0.15) is 24.1 Å². The molecular formula is C23H26F3N9O3. The Morgan fingerprint density at radius 2 is 1.92 bits per heavy atom. The first-order chi connectivity index (χ1) is 18.2. The number of hydrogen-bond acceptors (Lipinski definition) is 9. The molecule has 0 atom stereocenters. The molecule has 1 fully saturated rings. The Labute approximate surface area is 214 Å². The average molecular weight is 534 g/mol. The second kappa shape index (κ2) is 10.4. The lowest BCUT2D eigenvalue weighted by Crippen LogP contribution is -2.49. The van der Waals surface area contributed by atoms with Crippen molar-refractivity contribution >= 4 is 28.6 Å². The molecule has 2 N–H and O–H groups in total. The van der Waals surface area contributed by atoms with Crippen LogP contribution < -0.4 is 15.8 Å². The fourth-order valence-corrected chi connectivity index (χ4v) is 4.49. The van der Waals surface area contributed by atoms with Crippen LogP contribution in [-0.2, 0) is 28.7 Å². The number of fused-ring (bicyclic) bond motifs is 2. The van der Waals surface area contributed by atoms with Crippen LogP contribution in [0.3, 0.4) is 0 Å². The maximum Gasteiger partial charge on any atom is 0.435 e. The van der Waals surface area contributed by atoms with E-state index in [9.17, 15) is 22.8 Å². The third-order valence-corrected chi connectivity index (χ3v) is 6.51. The molecule has 0 aliphatic carbocycles. The molecule has 1 amide bonds. The summed E-state index contributed by atoms with van der Waals surface area (Å²) < 4.78 is 46.4. The van der Waals surface area contributed by atoms with E-state index in [1.807, 2.05) is 16.2 Å². The number of H-pyrrole nitrogens is 1. The van der Waals surface area contributed by atoms with Crippen molar-refractivity contribution in [2.24, 2.45) is 0 Å². The van der Waals surface area contributed by atoms with Gasteiger partial charge in [0.25, 0.3) is 5.56 Å². The number of amides is 1. The largest absolute Gasteiger partial charge is 0.435 e. The fraction of sp³-hybridized carbons (Fsp3) is 0.478. The Hall–Kier alpha value is -4.01. The molecule has 1 saturated heterocycles. The quantitative estimate of drug-likeness (QED) is 0.434. The summed E-state index contributed by atoms with van der Waals surface area (Å²) in [4.78, 5) is 37.4. The van der Waals surface area contributed by atoms with Crippen LogP contribution in [-0.4, -0.2) is 80.1 Å². The Bertz CT molecular complexity index is 1410. The second-order valence-corrected chi connectivity index (χ2v) is 9.03. The van der Waals surface area contributed by atoms with Gasteiger partial charge in [-0.1, -0.05) is 6.58 Å². The first-order valence-electron chi connectivity index (χ1n) is 12.1. The molecular weight excluding hydrogens is 507 g/mol. The number of anilines is 2. The highest BCUT2D eigenvalue weighted by Crippen LogP contribution is 2.32. The van der Waals surface area contributed by atoms with Gasteiger partial charge in [0.15, 0.2) is 5.69 Å². The van der Waals surface area contributed by atoms with E-state index >= 15 is 0 Å². The number of carbonyl (C=O) groups excluding carboxylic acids is 1. The van der Waals surface area contributed by atoms with E-state index in [0.29, 0.717) is 32.1 Å². The van der Waals surface area contributed by atoms with Crippen molar-refractivity contribution in [3.05, 3.63) is 46.3 Å². The van der Waals surface area contributed by atoms with Crippen LogP contribution in [0.15, 0.2) is 29.5 Å². The van der Waals surface area contributed by atoms with Gasteiger partial charge in [0, 0.05) is 43.6 Å². The number of aromatic amines is 1. The Morgan fingerprint density at radius 1 is 1.13 bits per heavy atom. The van der Waals surface area contributed by atoms with Crippen molar-refractivity contribution in [2.75, 3.05) is 49.6 Å². The fourth-order valence-electron chi connectivity index (χ4n) is 4.49. The number of nitrogens with zero attached hydrogens (tertiary/aromatic N) is 7. The first kappa shape index (κ1) is 25.6. The van der Waals surface area contributed by atoms with E-state index in [0.717, 1.165) is 40.8 Å². The molecule has 0 spiro atoms. The Morgan fingerprint density at radius 3 is 2.68 bits per heavy atom. The lowest BCUT2D eigenvalue weighted by molar-refractivity contribution is -0.140. The molecule has 15 heteroatoms. The highest BCUT2D eigenvalue weighted by molar-refractivity contribution is 5.80. The number of aromatic nitrogens is 6. The van der Waals surface area contributed by atoms with Gasteiger partial charge < -0.3 is 19.9 Å². The zero-order chi connectivity index (χ0) is 26.9. The minimum absolute atomic E-state index is 0.0120. The van der Waals surface area contributed by atoms with Gasteiger partial charge in [0.2, 0.25) is 11.9 Å². The number of rotatable bonds is 7. The molecule has 2 aliphatic heterocycles. The predicted octanol–water partition coefficient (Wildman–Crippen LogP) is 1.56. The lowest BCUT2D eigenvalue weighted by Gasteiger charge is -2.35. The minimum atomic E-state index is -4.78. The molecule has 0 radical (unpaired) electrons. The number of hydrogen-bond donors (Lipinski definition) is 2. The SMILES string of the molecule is C=C1CCc2cnc(N3CCN(C(=O)CCOCCn4nc(C(F)(F)F)c5c(=O)[nH]ncc54)CC3)nc2N1. The van der Waals surface area contributed by atoms with Crippen LogP contribution in [0.4, 0.5) is 24.9 Å². The summed E-state index contributed by atoms with van der Waals surface area (Å²) in [5.74, 6) is 1.31. The van der Waals surface area contributed by atoms with Crippen molar-refractivity contribution in [3.63, 3.8) is 0 Å². The molecule has 3 aromatic heterocycles. The number of halogens is 3. The van der Waals surface area contributed by atoms with Gasteiger partial charge in [-0.3, -0.25) is 14.3 Å². The topological polar surface area (TPSA) is 134 Å². The highest BCUT2D eigenvalue weighted by Gasteiger charge is 2.38. The summed E-state index contributed by atoms with van der Waals surface area (Å²) in [6.45, 7) is 6.25. The molecule has 2 aliphatic rings. The van der Waals surface area contributed by atoms with Gasteiger partial charge >= 0.3 is 6.18 Å². The Kier molecular flexibility index (Phi) is 7.01. The van der Waals surface area contributed by atoms with E-state index in [1.54, 1.807) is 4.90 Å². The molecule has 202 valence electrons. The van der Waals surface area contributed by atoms with Gasteiger partial charge in [-0.05, 0) is 12.8 Å². The molecule has 5 rings (SSSR count). The summed E-state index contributed by atoms with van der Waals surface area (Å²) in [5.41, 5.74) is -0.290. The van der Waals surface area contributed by atoms with Crippen LogP contribution in [0.25, 0.3) is 10.9 Å². The predicted molar refractivity (Wildman–Crippen MR) is 130 cm³/mol. The molecule has 12 nitrogen and oxygen atoms in total. The minimum Gasteiger partial charge on any atom is -0.379 e. The summed E-state index contributed by atoms with van der Waals surface area (Å²) >= 11 is 0. The van der Waals surface area contributed by atoms with Crippen LogP contribution in [0, 0.1) is 0 Å². The molecule has 38 heavy (non-hydrogen) atoms. The molecule has 3 aromatic rings. The maximum absolute atomic E-state index is 13.3.